The summed E-state index contributed by atoms with van der Waals surface area (Å²) in [5.74, 6) is -0.365. The molecule has 14 heavy (non-hydrogen) atoms. The van der Waals surface area contributed by atoms with E-state index in [0.29, 0.717) is 24.4 Å². The Morgan fingerprint density at radius 1 is 1.71 bits per heavy atom. The molecule has 7 nitrogen and oxygen atoms in total. The van der Waals surface area contributed by atoms with Crippen molar-refractivity contribution in [2.75, 3.05) is 6.54 Å². The lowest BCUT2D eigenvalue weighted by Gasteiger charge is -1.88. The van der Waals surface area contributed by atoms with Crippen LogP contribution >= 0.6 is 0 Å². The van der Waals surface area contributed by atoms with Crippen LogP contribution in [0.3, 0.4) is 0 Å². The molecule has 0 fully saturated rings. The Morgan fingerprint density at radius 2 is 2.50 bits per heavy atom. The zero-order valence-electron chi connectivity index (χ0n) is 7.27. The van der Waals surface area contributed by atoms with E-state index in [-0.39, 0.29) is 5.69 Å². The van der Waals surface area contributed by atoms with Crippen molar-refractivity contribution in [1.82, 2.24) is 19.8 Å². The largest absolute Gasteiger partial charge is 0.476 e. The Labute approximate surface area is 78.5 Å². The van der Waals surface area contributed by atoms with Crippen molar-refractivity contribution >= 4 is 11.6 Å². The number of aromatic carboxylic acids is 1. The Hall–Kier alpha value is -1.89. The first-order valence-corrected chi connectivity index (χ1v) is 4.08. The highest BCUT2D eigenvalue weighted by molar-refractivity contribution is 5.86. The van der Waals surface area contributed by atoms with Crippen LogP contribution in [-0.2, 0) is 6.42 Å². The summed E-state index contributed by atoms with van der Waals surface area (Å²) in [5, 5.41) is 15.2. The van der Waals surface area contributed by atoms with E-state index in [1.54, 1.807) is 0 Å². The summed E-state index contributed by atoms with van der Waals surface area (Å²) in [7, 11) is 0. The molecule has 2 aromatic rings. The molecular weight excluding hydrogens is 186 g/mol. The average Bonchev–Trinajstić information content (AvgIpc) is 2.61. The number of aromatic amines is 1. The lowest BCUT2D eigenvalue weighted by atomic mass is 10.4. The van der Waals surface area contributed by atoms with Gasteiger partial charge in [0.05, 0.1) is 0 Å². The highest BCUT2D eigenvalue weighted by Gasteiger charge is 2.11. The van der Waals surface area contributed by atoms with Crippen LogP contribution in [0.2, 0.25) is 0 Å². The zero-order valence-corrected chi connectivity index (χ0v) is 7.27. The van der Waals surface area contributed by atoms with Gasteiger partial charge in [-0.1, -0.05) is 0 Å². The van der Waals surface area contributed by atoms with Crippen LogP contribution in [0.25, 0.3) is 5.65 Å². The molecule has 4 N–H and O–H groups in total. The highest BCUT2D eigenvalue weighted by Crippen LogP contribution is 2.04. The van der Waals surface area contributed by atoms with Gasteiger partial charge in [-0.05, 0) is 6.54 Å². The molecule has 0 aliphatic heterocycles. The molecule has 0 bridgehead atoms. The summed E-state index contributed by atoms with van der Waals surface area (Å²) in [6, 6.07) is 1.40. The number of carboxylic acids is 1. The number of hydrogen-bond acceptors (Lipinski definition) is 4. The zero-order chi connectivity index (χ0) is 10.1. The van der Waals surface area contributed by atoms with E-state index in [9.17, 15) is 4.79 Å². The van der Waals surface area contributed by atoms with Gasteiger partial charge in [0.15, 0.2) is 11.3 Å². The maximum absolute atomic E-state index is 10.5. The summed E-state index contributed by atoms with van der Waals surface area (Å²) < 4.78 is 1.33. The Morgan fingerprint density at radius 3 is 3.07 bits per heavy atom. The minimum Gasteiger partial charge on any atom is -0.476 e. The predicted octanol–water partition coefficient (Wildman–Crippen LogP) is -0.743. The monoisotopic (exact) mass is 195 g/mol. The van der Waals surface area contributed by atoms with Crippen LogP contribution in [-0.4, -0.2) is 37.4 Å². The number of nitrogens with zero attached hydrogens (tertiary/aromatic N) is 3. The van der Waals surface area contributed by atoms with E-state index >= 15 is 0 Å². The molecular formula is C7H9N5O2. The fourth-order valence-corrected chi connectivity index (χ4v) is 1.17. The second-order valence-electron chi connectivity index (χ2n) is 2.81. The van der Waals surface area contributed by atoms with Gasteiger partial charge in [-0.3, -0.25) is 5.10 Å². The topological polar surface area (TPSA) is 109 Å². The maximum atomic E-state index is 10.5. The molecule has 0 aliphatic carbocycles. The fraction of sp³-hybridized carbons (Fsp3) is 0.286. The number of aromatic nitrogens is 4. The molecule has 74 valence electrons. The predicted molar refractivity (Wildman–Crippen MR) is 47.1 cm³/mol. The van der Waals surface area contributed by atoms with Gasteiger partial charge in [0, 0.05) is 12.5 Å². The first-order chi connectivity index (χ1) is 6.70. The fourth-order valence-electron chi connectivity index (χ4n) is 1.17. The number of fused-ring (bicyclic) bond motifs is 1. The van der Waals surface area contributed by atoms with Crippen LogP contribution in [0.4, 0.5) is 0 Å². The third-order valence-electron chi connectivity index (χ3n) is 1.78. The smallest absolute Gasteiger partial charge is 0.356 e. The highest BCUT2D eigenvalue weighted by atomic mass is 16.4. The van der Waals surface area contributed by atoms with Gasteiger partial charge in [-0.25, -0.2) is 9.78 Å². The van der Waals surface area contributed by atoms with Crippen molar-refractivity contribution in [3.8, 4) is 0 Å². The van der Waals surface area contributed by atoms with Crippen LogP contribution in [0.15, 0.2) is 6.07 Å². The molecule has 0 saturated heterocycles. The molecule has 0 radical (unpaired) electrons. The van der Waals surface area contributed by atoms with Crippen molar-refractivity contribution in [2.24, 2.45) is 5.73 Å². The van der Waals surface area contributed by atoms with Crippen LogP contribution < -0.4 is 5.73 Å². The third-order valence-corrected chi connectivity index (χ3v) is 1.78. The minimum absolute atomic E-state index is 0.0250. The first-order valence-electron chi connectivity index (χ1n) is 4.08. The van der Waals surface area contributed by atoms with Crippen molar-refractivity contribution in [3.05, 3.63) is 17.6 Å². The number of rotatable bonds is 3. The number of carboxylic acid groups (broad SMARTS) is 1. The summed E-state index contributed by atoms with van der Waals surface area (Å²) in [5.41, 5.74) is 5.81. The van der Waals surface area contributed by atoms with Crippen LogP contribution in [0.5, 0.6) is 0 Å². The number of nitrogens with one attached hydrogen (secondary N) is 1. The van der Waals surface area contributed by atoms with Gasteiger partial charge in [0.2, 0.25) is 0 Å². The van der Waals surface area contributed by atoms with E-state index in [1.165, 1.54) is 10.7 Å². The molecule has 0 aromatic carbocycles. The Bertz CT molecular complexity index is 440. The first kappa shape index (κ1) is 8.70. The SMILES string of the molecule is NCCc1nc2cc(C(=O)O)nn2[nH]1. The second kappa shape index (κ2) is 3.11. The normalized spacial score (nSPS) is 10.9. The number of nitrogens with two attached hydrogens (primary N) is 1. The van der Waals surface area contributed by atoms with Gasteiger partial charge in [-0.15, -0.1) is 5.10 Å². The molecule has 7 heteroatoms. The van der Waals surface area contributed by atoms with Gasteiger partial charge < -0.3 is 10.8 Å². The molecule has 2 heterocycles. The van der Waals surface area contributed by atoms with Crippen molar-refractivity contribution in [1.29, 1.82) is 0 Å². The lowest BCUT2D eigenvalue weighted by molar-refractivity contribution is 0.0690. The van der Waals surface area contributed by atoms with Gasteiger partial charge in [0.25, 0.3) is 0 Å². The molecule has 0 unspecified atom stereocenters. The Kier molecular flexibility index (Phi) is 1.93. The van der Waals surface area contributed by atoms with Gasteiger partial charge >= 0.3 is 5.97 Å². The van der Waals surface area contributed by atoms with E-state index in [2.05, 4.69) is 15.2 Å². The van der Waals surface area contributed by atoms with Crippen molar-refractivity contribution < 1.29 is 9.90 Å². The van der Waals surface area contributed by atoms with E-state index in [4.69, 9.17) is 10.8 Å². The summed E-state index contributed by atoms with van der Waals surface area (Å²) in [6.45, 7) is 0.489. The van der Waals surface area contributed by atoms with Gasteiger partial charge in [-0.2, -0.15) is 4.63 Å². The van der Waals surface area contributed by atoms with E-state index in [0.717, 1.165) is 0 Å². The van der Waals surface area contributed by atoms with E-state index in [1.807, 2.05) is 0 Å². The number of H-pyrrole nitrogens is 1. The number of carbonyl (C=O) groups is 1. The molecule has 0 atom stereocenters. The molecule has 2 aromatic heterocycles. The Balaban J connectivity index is 2.40. The summed E-state index contributed by atoms with van der Waals surface area (Å²) in [6.07, 6.45) is 0.617. The van der Waals surface area contributed by atoms with Crippen molar-refractivity contribution in [2.45, 2.75) is 6.42 Å². The summed E-state index contributed by atoms with van der Waals surface area (Å²) >= 11 is 0. The van der Waals surface area contributed by atoms with Crippen LogP contribution in [0.1, 0.15) is 16.3 Å². The van der Waals surface area contributed by atoms with Crippen molar-refractivity contribution in [3.63, 3.8) is 0 Å². The third kappa shape index (κ3) is 1.33. The van der Waals surface area contributed by atoms with Crippen LogP contribution in [0, 0.1) is 0 Å². The molecule has 0 amide bonds. The van der Waals surface area contributed by atoms with E-state index < -0.39 is 5.97 Å². The maximum Gasteiger partial charge on any atom is 0.356 e. The molecule has 0 aliphatic rings. The molecule has 2 rings (SSSR count). The average molecular weight is 195 g/mol. The van der Waals surface area contributed by atoms with Gasteiger partial charge in [0.1, 0.15) is 5.82 Å². The molecule has 0 spiro atoms. The molecule has 0 saturated carbocycles. The standard InChI is InChI=1S/C7H9N5O2/c8-2-1-5-9-6-3-4(7(13)14)10-12(6)11-5/h3H,1-2,8H2,(H,9,11)(H,13,14). The quantitative estimate of drug-likeness (QED) is 0.597. The second-order valence-corrected chi connectivity index (χ2v) is 2.81. The number of hydrogen-bond donors (Lipinski definition) is 3. The minimum atomic E-state index is -1.07. The lowest BCUT2D eigenvalue weighted by Crippen LogP contribution is -2.05. The summed E-state index contributed by atoms with van der Waals surface area (Å²) in [4.78, 5) is 14.6.